The van der Waals surface area contributed by atoms with Crippen LogP contribution >= 0.6 is 0 Å². The normalized spacial score (nSPS) is 27.4. The molecule has 2 atom stereocenters. The number of nitrogens with zero attached hydrogens (tertiary/aromatic N) is 1. The summed E-state index contributed by atoms with van der Waals surface area (Å²) in [5.41, 5.74) is 5.98. The first-order valence-corrected chi connectivity index (χ1v) is 8.44. The highest BCUT2D eigenvalue weighted by Crippen LogP contribution is 2.26. The van der Waals surface area contributed by atoms with Gasteiger partial charge in [0.1, 0.15) is 0 Å². The maximum atomic E-state index is 12.5. The van der Waals surface area contributed by atoms with Crippen LogP contribution in [-0.4, -0.2) is 41.9 Å². The Morgan fingerprint density at radius 1 is 1.19 bits per heavy atom. The van der Waals surface area contributed by atoms with Crippen molar-refractivity contribution in [1.82, 2.24) is 10.2 Å². The average molecular weight is 295 g/mol. The minimum Gasteiger partial charge on any atom is -0.353 e. The van der Waals surface area contributed by atoms with Gasteiger partial charge in [0.05, 0.1) is 0 Å². The molecule has 2 amide bonds. The highest BCUT2D eigenvalue weighted by atomic mass is 16.2. The zero-order chi connectivity index (χ0) is 15.2. The minimum atomic E-state index is 0.125. The molecule has 1 saturated heterocycles. The molecule has 2 unspecified atom stereocenters. The first-order valence-electron chi connectivity index (χ1n) is 8.44. The summed E-state index contributed by atoms with van der Waals surface area (Å²) in [5, 5.41) is 3.07. The molecular formula is C16H29N3O2. The van der Waals surface area contributed by atoms with Gasteiger partial charge in [-0.1, -0.05) is 13.3 Å². The second-order valence-corrected chi connectivity index (χ2v) is 6.54. The van der Waals surface area contributed by atoms with Crippen molar-refractivity contribution in [3.05, 3.63) is 0 Å². The number of likely N-dealkylation sites (tertiary alicyclic amines) is 1. The van der Waals surface area contributed by atoms with Crippen LogP contribution in [0.2, 0.25) is 0 Å². The lowest BCUT2D eigenvalue weighted by atomic mass is 9.85. The number of carbonyl (C=O) groups is 2. The Morgan fingerprint density at radius 3 is 2.52 bits per heavy atom. The molecule has 0 aromatic rings. The lowest BCUT2D eigenvalue weighted by Gasteiger charge is -2.36. The number of hydrogen-bond acceptors (Lipinski definition) is 3. The molecule has 0 bridgehead atoms. The van der Waals surface area contributed by atoms with Gasteiger partial charge in [0.2, 0.25) is 11.8 Å². The summed E-state index contributed by atoms with van der Waals surface area (Å²) in [6.45, 7) is 3.54. The number of nitrogens with one attached hydrogen (secondary N) is 1. The molecule has 3 N–H and O–H groups in total. The maximum Gasteiger partial charge on any atom is 0.225 e. The second kappa shape index (κ2) is 7.78. The van der Waals surface area contributed by atoms with E-state index in [2.05, 4.69) is 5.32 Å². The van der Waals surface area contributed by atoms with Gasteiger partial charge in [-0.15, -0.1) is 0 Å². The van der Waals surface area contributed by atoms with Gasteiger partial charge in [-0.25, -0.2) is 0 Å². The number of rotatable bonds is 4. The SMILES string of the molecule is CCCC(=O)NC1CCN(C(=O)C2CCCC(N)C2)CC1. The van der Waals surface area contributed by atoms with Crippen LogP contribution in [0.1, 0.15) is 58.3 Å². The number of amides is 2. The summed E-state index contributed by atoms with van der Waals surface area (Å²) in [4.78, 5) is 26.1. The zero-order valence-electron chi connectivity index (χ0n) is 13.1. The molecule has 1 aliphatic heterocycles. The van der Waals surface area contributed by atoms with Crippen LogP contribution in [0.5, 0.6) is 0 Å². The Morgan fingerprint density at radius 2 is 1.90 bits per heavy atom. The van der Waals surface area contributed by atoms with Crippen molar-refractivity contribution in [1.29, 1.82) is 0 Å². The highest BCUT2D eigenvalue weighted by Gasteiger charge is 2.31. The molecule has 1 aliphatic carbocycles. The van der Waals surface area contributed by atoms with Gasteiger partial charge in [-0.2, -0.15) is 0 Å². The molecule has 2 rings (SSSR count). The summed E-state index contributed by atoms with van der Waals surface area (Å²) >= 11 is 0. The Balaban J connectivity index is 1.75. The van der Waals surface area contributed by atoms with Crippen molar-refractivity contribution in [2.75, 3.05) is 13.1 Å². The van der Waals surface area contributed by atoms with E-state index in [-0.39, 0.29) is 29.8 Å². The number of piperidine rings is 1. The zero-order valence-corrected chi connectivity index (χ0v) is 13.1. The molecule has 0 radical (unpaired) electrons. The van der Waals surface area contributed by atoms with E-state index < -0.39 is 0 Å². The monoisotopic (exact) mass is 295 g/mol. The van der Waals surface area contributed by atoms with Crippen molar-refractivity contribution in [2.24, 2.45) is 11.7 Å². The van der Waals surface area contributed by atoms with Gasteiger partial charge in [-0.05, 0) is 38.5 Å². The van der Waals surface area contributed by atoms with Gasteiger partial charge in [0.15, 0.2) is 0 Å². The molecule has 120 valence electrons. The van der Waals surface area contributed by atoms with E-state index in [4.69, 9.17) is 5.73 Å². The van der Waals surface area contributed by atoms with Gasteiger partial charge in [-0.3, -0.25) is 9.59 Å². The molecule has 0 spiro atoms. The van der Waals surface area contributed by atoms with Crippen LogP contribution in [0.25, 0.3) is 0 Å². The van der Waals surface area contributed by atoms with E-state index in [1.165, 1.54) is 0 Å². The van der Waals surface area contributed by atoms with Gasteiger partial charge in [0, 0.05) is 37.5 Å². The van der Waals surface area contributed by atoms with E-state index in [1.807, 2.05) is 11.8 Å². The van der Waals surface area contributed by atoms with E-state index in [0.29, 0.717) is 6.42 Å². The van der Waals surface area contributed by atoms with Crippen molar-refractivity contribution < 1.29 is 9.59 Å². The molecule has 21 heavy (non-hydrogen) atoms. The van der Waals surface area contributed by atoms with Crippen LogP contribution in [0, 0.1) is 5.92 Å². The quantitative estimate of drug-likeness (QED) is 0.823. The van der Waals surface area contributed by atoms with Gasteiger partial charge < -0.3 is 16.0 Å². The minimum absolute atomic E-state index is 0.125. The fourth-order valence-electron chi connectivity index (χ4n) is 3.48. The summed E-state index contributed by atoms with van der Waals surface area (Å²) in [6.07, 6.45) is 7.17. The van der Waals surface area contributed by atoms with E-state index in [9.17, 15) is 9.59 Å². The molecular weight excluding hydrogens is 266 g/mol. The first-order chi connectivity index (χ1) is 10.1. The third-order valence-corrected chi connectivity index (χ3v) is 4.71. The summed E-state index contributed by atoms with van der Waals surface area (Å²) in [7, 11) is 0. The van der Waals surface area contributed by atoms with Gasteiger partial charge in [0.25, 0.3) is 0 Å². The molecule has 2 aliphatic rings. The molecule has 2 fully saturated rings. The lowest BCUT2D eigenvalue weighted by molar-refractivity contribution is -0.138. The third kappa shape index (κ3) is 4.70. The topological polar surface area (TPSA) is 75.4 Å². The Bertz CT molecular complexity index is 365. The fraction of sp³-hybridized carbons (Fsp3) is 0.875. The average Bonchev–Trinajstić information content (AvgIpc) is 2.47. The lowest BCUT2D eigenvalue weighted by Crippen LogP contribution is -2.49. The molecule has 1 saturated carbocycles. The number of nitrogens with two attached hydrogens (primary N) is 1. The van der Waals surface area contributed by atoms with Crippen LogP contribution in [0.3, 0.4) is 0 Å². The fourth-order valence-corrected chi connectivity index (χ4v) is 3.48. The van der Waals surface area contributed by atoms with Crippen molar-refractivity contribution in [3.8, 4) is 0 Å². The molecule has 0 aromatic heterocycles. The molecule has 0 aromatic carbocycles. The largest absolute Gasteiger partial charge is 0.353 e. The Hall–Kier alpha value is -1.10. The Labute approximate surface area is 127 Å². The number of carbonyl (C=O) groups excluding carboxylic acids is 2. The second-order valence-electron chi connectivity index (χ2n) is 6.54. The van der Waals surface area contributed by atoms with Crippen molar-refractivity contribution in [3.63, 3.8) is 0 Å². The third-order valence-electron chi connectivity index (χ3n) is 4.71. The van der Waals surface area contributed by atoms with Crippen molar-refractivity contribution in [2.45, 2.75) is 70.4 Å². The predicted octanol–water partition coefficient (Wildman–Crippen LogP) is 1.41. The van der Waals surface area contributed by atoms with Crippen LogP contribution in [0.4, 0.5) is 0 Å². The first kappa shape index (κ1) is 16.3. The summed E-state index contributed by atoms with van der Waals surface area (Å²) < 4.78 is 0. The van der Waals surface area contributed by atoms with E-state index >= 15 is 0 Å². The summed E-state index contributed by atoms with van der Waals surface area (Å²) in [5.74, 6) is 0.545. The molecule has 1 heterocycles. The van der Waals surface area contributed by atoms with Crippen LogP contribution in [0.15, 0.2) is 0 Å². The van der Waals surface area contributed by atoms with Crippen LogP contribution < -0.4 is 11.1 Å². The molecule has 5 nitrogen and oxygen atoms in total. The smallest absolute Gasteiger partial charge is 0.225 e. The van der Waals surface area contributed by atoms with E-state index in [0.717, 1.165) is 58.0 Å². The van der Waals surface area contributed by atoms with Crippen LogP contribution in [-0.2, 0) is 9.59 Å². The maximum absolute atomic E-state index is 12.5. The Kier molecular flexibility index (Phi) is 6.03. The van der Waals surface area contributed by atoms with Gasteiger partial charge >= 0.3 is 0 Å². The number of hydrogen-bond donors (Lipinski definition) is 2. The summed E-state index contributed by atoms with van der Waals surface area (Å²) in [6, 6.07) is 0.431. The molecule has 5 heteroatoms. The van der Waals surface area contributed by atoms with E-state index in [1.54, 1.807) is 0 Å². The standard InChI is InChI=1S/C16H29N3O2/c1-2-4-15(20)18-14-7-9-19(10-8-14)16(21)12-5-3-6-13(17)11-12/h12-14H,2-11,17H2,1H3,(H,18,20). The highest BCUT2D eigenvalue weighted by molar-refractivity contribution is 5.79. The van der Waals surface area contributed by atoms with Crippen molar-refractivity contribution >= 4 is 11.8 Å². The predicted molar refractivity (Wildman–Crippen MR) is 82.6 cm³/mol.